The van der Waals surface area contributed by atoms with E-state index in [1.54, 1.807) is 12.4 Å². The average Bonchev–Trinajstić information content (AvgIpc) is 2.34. The van der Waals surface area contributed by atoms with Gasteiger partial charge in [0.25, 0.3) is 0 Å². The molecule has 1 atom stereocenters. The predicted octanol–water partition coefficient (Wildman–Crippen LogP) is 1.48. The summed E-state index contributed by atoms with van der Waals surface area (Å²) in [6.07, 6.45) is 4.78. The first-order chi connectivity index (χ1) is 7.76. The van der Waals surface area contributed by atoms with Crippen molar-refractivity contribution in [2.75, 3.05) is 23.7 Å². The fourth-order valence-electron chi connectivity index (χ4n) is 1.16. The van der Waals surface area contributed by atoms with Crippen LogP contribution < -0.4 is 10.6 Å². The second-order valence-electron chi connectivity index (χ2n) is 3.66. The number of nitrogens with zero attached hydrogens (tertiary/aromatic N) is 2. The van der Waals surface area contributed by atoms with Crippen LogP contribution in [0, 0.1) is 0 Å². The van der Waals surface area contributed by atoms with Gasteiger partial charge >= 0.3 is 0 Å². The molecule has 90 valence electrons. The third-order valence-electron chi connectivity index (χ3n) is 2.18. The molecule has 0 aliphatic rings. The van der Waals surface area contributed by atoms with Crippen LogP contribution in [0.25, 0.3) is 0 Å². The van der Waals surface area contributed by atoms with Crippen molar-refractivity contribution in [2.24, 2.45) is 0 Å². The van der Waals surface area contributed by atoms with E-state index in [9.17, 15) is 5.11 Å². The molecule has 1 rings (SSSR count). The first-order valence-electron chi connectivity index (χ1n) is 5.74. The highest BCUT2D eigenvalue weighted by molar-refractivity contribution is 5.41. The van der Waals surface area contributed by atoms with Crippen LogP contribution in [0.2, 0.25) is 0 Å². The summed E-state index contributed by atoms with van der Waals surface area (Å²) in [5.74, 6) is 1.45. The lowest BCUT2D eigenvalue weighted by Crippen LogP contribution is -2.19. The highest BCUT2D eigenvalue weighted by Gasteiger charge is 2.02. The van der Waals surface area contributed by atoms with Gasteiger partial charge in [0.2, 0.25) is 0 Å². The van der Waals surface area contributed by atoms with Gasteiger partial charge in [-0.25, -0.2) is 4.98 Å². The Morgan fingerprint density at radius 1 is 1.25 bits per heavy atom. The molecule has 1 unspecified atom stereocenters. The first kappa shape index (κ1) is 12.7. The second kappa shape index (κ2) is 7.00. The molecule has 0 aliphatic heterocycles. The molecule has 5 nitrogen and oxygen atoms in total. The second-order valence-corrected chi connectivity index (χ2v) is 3.66. The Bertz CT molecular complexity index is 306. The van der Waals surface area contributed by atoms with Crippen LogP contribution >= 0.6 is 0 Å². The zero-order valence-electron chi connectivity index (χ0n) is 9.90. The predicted molar refractivity (Wildman–Crippen MR) is 65.6 cm³/mol. The zero-order valence-corrected chi connectivity index (χ0v) is 9.90. The van der Waals surface area contributed by atoms with E-state index in [4.69, 9.17) is 0 Å². The molecule has 0 amide bonds. The summed E-state index contributed by atoms with van der Waals surface area (Å²) in [5.41, 5.74) is 0. The van der Waals surface area contributed by atoms with Gasteiger partial charge in [-0.1, -0.05) is 13.8 Å². The number of anilines is 2. The molecule has 3 N–H and O–H groups in total. The van der Waals surface area contributed by atoms with Crippen LogP contribution in [-0.2, 0) is 0 Å². The molecule has 0 spiro atoms. The minimum absolute atomic E-state index is 0.339. The molecule has 0 aliphatic carbocycles. The lowest BCUT2D eigenvalue weighted by atomic mass is 10.3. The van der Waals surface area contributed by atoms with Crippen LogP contribution in [0.4, 0.5) is 11.6 Å². The molecule has 0 fully saturated rings. The number of hydrogen-bond donors (Lipinski definition) is 3. The van der Waals surface area contributed by atoms with Crippen LogP contribution in [0.3, 0.4) is 0 Å². The SMILES string of the molecule is CCCNc1cncc(NCC(O)CC)n1. The Morgan fingerprint density at radius 3 is 2.56 bits per heavy atom. The quantitative estimate of drug-likeness (QED) is 0.654. The van der Waals surface area contributed by atoms with Gasteiger partial charge in [-0.3, -0.25) is 4.98 Å². The summed E-state index contributed by atoms with van der Waals surface area (Å²) < 4.78 is 0. The number of aliphatic hydroxyl groups is 1. The van der Waals surface area contributed by atoms with Gasteiger partial charge in [0, 0.05) is 13.1 Å². The van der Waals surface area contributed by atoms with Gasteiger partial charge in [0.1, 0.15) is 11.6 Å². The molecule has 1 aromatic rings. The van der Waals surface area contributed by atoms with E-state index in [1.165, 1.54) is 0 Å². The summed E-state index contributed by atoms with van der Waals surface area (Å²) in [7, 11) is 0. The summed E-state index contributed by atoms with van der Waals surface area (Å²) in [6, 6.07) is 0. The Morgan fingerprint density at radius 2 is 1.94 bits per heavy atom. The fourth-order valence-corrected chi connectivity index (χ4v) is 1.16. The van der Waals surface area contributed by atoms with Crippen LogP contribution in [0.5, 0.6) is 0 Å². The van der Waals surface area contributed by atoms with Crippen molar-refractivity contribution < 1.29 is 5.11 Å². The lowest BCUT2D eigenvalue weighted by Gasteiger charge is -2.10. The van der Waals surface area contributed by atoms with E-state index >= 15 is 0 Å². The molecule has 5 heteroatoms. The monoisotopic (exact) mass is 224 g/mol. The first-order valence-corrected chi connectivity index (χ1v) is 5.74. The Hall–Kier alpha value is -1.36. The maximum atomic E-state index is 9.40. The molecule has 0 saturated heterocycles. The van der Waals surface area contributed by atoms with E-state index in [-0.39, 0.29) is 6.10 Å². The largest absolute Gasteiger partial charge is 0.391 e. The molecular formula is C11H20N4O. The molecule has 1 aromatic heterocycles. The van der Waals surface area contributed by atoms with E-state index in [0.29, 0.717) is 12.4 Å². The molecular weight excluding hydrogens is 204 g/mol. The fraction of sp³-hybridized carbons (Fsp3) is 0.636. The lowest BCUT2D eigenvalue weighted by molar-refractivity contribution is 0.183. The topological polar surface area (TPSA) is 70.1 Å². The van der Waals surface area contributed by atoms with E-state index in [1.807, 2.05) is 6.92 Å². The third-order valence-corrected chi connectivity index (χ3v) is 2.18. The van der Waals surface area contributed by atoms with Crippen LogP contribution in [-0.4, -0.2) is 34.3 Å². The van der Waals surface area contributed by atoms with Crippen LogP contribution in [0.15, 0.2) is 12.4 Å². The maximum absolute atomic E-state index is 9.40. The normalized spacial score (nSPS) is 12.2. The van der Waals surface area contributed by atoms with Gasteiger partial charge in [0.15, 0.2) is 0 Å². The van der Waals surface area contributed by atoms with Crippen molar-refractivity contribution in [1.82, 2.24) is 9.97 Å². The van der Waals surface area contributed by atoms with Crippen molar-refractivity contribution in [3.63, 3.8) is 0 Å². The van der Waals surface area contributed by atoms with Gasteiger partial charge < -0.3 is 15.7 Å². The van der Waals surface area contributed by atoms with Crippen molar-refractivity contribution in [1.29, 1.82) is 0 Å². The van der Waals surface area contributed by atoms with Crippen molar-refractivity contribution in [3.8, 4) is 0 Å². The molecule has 0 saturated carbocycles. The number of nitrogens with one attached hydrogen (secondary N) is 2. The highest BCUT2D eigenvalue weighted by atomic mass is 16.3. The van der Waals surface area contributed by atoms with Crippen molar-refractivity contribution in [2.45, 2.75) is 32.8 Å². The number of aliphatic hydroxyl groups excluding tert-OH is 1. The highest BCUT2D eigenvalue weighted by Crippen LogP contribution is 2.06. The third kappa shape index (κ3) is 4.44. The van der Waals surface area contributed by atoms with Crippen molar-refractivity contribution in [3.05, 3.63) is 12.4 Å². The maximum Gasteiger partial charge on any atom is 0.147 e. The molecule has 16 heavy (non-hydrogen) atoms. The average molecular weight is 224 g/mol. The van der Waals surface area contributed by atoms with Gasteiger partial charge in [-0.15, -0.1) is 0 Å². The number of rotatable bonds is 7. The Kier molecular flexibility index (Phi) is 5.56. The van der Waals surface area contributed by atoms with Gasteiger partial charge in [-0.05, 0) is 12.8 Å². The van der Waals surface area contributed by atoms with Gasteiger partial charge in [-0.2, -0.15) is 0 Å². The molecule has 0 bridgehead atoms. The summed E-state index contributed by atoms with van der Waals surface area (Å²) in [5, 5.41) is 15.6. The zero-order chi connectivity index (χ0) is 11.8. The van der Waals surface area contributed by atoms with E-state index in [2.05, 4.69) is 27.5 Å². The van der Waals surface area contributed by atoms with Crippen LogP contribution in [0.1, 0.15) is 26.7 Å². The minimum atomic E-state index is -0.339. The van der Waals surface area contributed by atoms with E-state index < -0.39 is 0 Å². The van der Waals surface area contributed by atoms with Gasteiger partial charge in [0.05, 0.1) is 18.5 Å². The molecule has 0 aromatic carbocycles. The number of hydrogen-bond acceptors (Lipinski definition) is 5. The minimum Gasteiger partial charge on any atom is -0.391 e. The summed E-state index contributed by atoms with van der Waals surface area (Å²) >= 11 is 0. The van der Waals surface area contributed by atoms with E-state index in [0.717, 1.165) is 25.2 Å². The molecule has 0 radical (unpaired) electrons. The Balaban J connectivity index is 2.46. The number of aromatic nitrogens is 2. The molecule has 1 heterocycles. The smallest absolute Gasteiger partial charge is 0.147 e. The standard InChI is InChI=1S/C11H20N4O/c1-3-5-13-10-7-12-8-11(15-10)14-6-9(16)4-2/h7-9,16H,3-6H2,1-2H3,(H2,13,14,15). The Labute approximate surface area is 96.3 Å². The summed E-state index contributed by atoms with van der Waals surface area (Å²) in [4.78, 5) is 8.39. The summed E-state index contributed by atoms with van der Waals surface area (Å²) in [6.45, 7) is 5.43. The van der Waals surface area contributed by atoms with Crippen molar-refractivity contribution >= 4 is 11.6 Å².